The van der Waals surface area contributed by atoms with Crippen molar-refractivity contribution >= 4 is 5.82 Å². The molecule has 0 saturated heterocycles. The van der Waals surface area contributed by atoms with Gasteiger partial charge in [-0.15, -0.1) is 0 Å². The second-order valence-electron chi connectivity index (χ2n) is 3.38. The number of anilines is 1. The number of pyridine rings is 1. The van der Waals surface area contributed by atoms with Crippen LogP contribution in [0.4, 0.5) is 5.82 Å². The first-order chi connectivity index (χ1) is 6.65. The monoisotopic (exact) mass is 195 g/mol. The number of rotatable bonds is 4. The molecule has 0 amide bonds. The molecule has 14 heavy (non-hydrogen) atoms. The molecule has 1 rings (SSSR count). The first-order valence-corrected chi connectivity index (χ1v) is 4.68. The molecule has 0 aliphatic carbocycles. The minimum absolute atomic E-state index is 0.0136. The molecule has 0 saturated carbocycles. The molecule has 0 unspecified atom stereocenters. The molecule has 0 aromatic carbocycles. The third-order valence-corrected chi connectivity index (χ3v) is 2.12. The highest BCUT2D eigenvalue weighted by Gasteiger charge is 2.03. The highest BCUT2D eigenvalue weighted by molar-refractivity contribution is 5.38. The summed E-state index contributed by atoms with van der Waals surface area (Å²) in [6.07, 6.45) is 1.77. The van der Waals surface area contributed by atoms with Crippen molar-refractivity contribution in [1.29, 1.82) is 0 Å². The molecule has 0 bridgehead atoms. The Hall–Kier alpha value is -1.13. The summed E-state index contributed by atoms with van der Waals surface area (Å²) in [6, 6.07) is 3.88. The van der Waals surface area contributed by atoms with Crippen molar-refractivity contribution in [3.63, 3.8) is 0 Å². The van der Waals surface area contributed by atoms with Crippen molar-refractivity contribution in [3.05, 3.63) is 23.9 Å². The van der Waals surface area contributed by atoms with Crippen LogP contribution in [-0.4, -0.2) is 30.3 Å². The normalized spacial score (nSPS) is 12.6. The summed E-state index contributed by atoms with van der Waals surface area (Å²) in [4.78, 5) is 6.15. The van der Waals surface area contributed by atoms with Gasteiger partial charge in [-0.05, 0) is 18.6 Å². The van der Waals surface area contributed by atoms with Crippen molar-refractivity contribution in [1.82, 2.24) is 4.98 Å². The summed E-state index contributed by atoms with van der Waals surface area (Å²) in [7, 11) is 1.89. The first kappa shape index (κ1) is 10.9. The summed E-state index contributed by atoms with van der Waals surface area (Å²) in [5.74, 6) is 0.850. The van der Waals surface area contributed by atoms with E-state index in [1.165, 1.54) is 0 Å². The lowest BCUT2D eigenvalue weighted by Gasteiger charge is -2.17. The highest BCUT2D eigenvalue weighted by atomic mass is 16.3. The zero-order valence-corrected chi connectivity index (χ0v) is 8.64. The lowest BCUT2D eigenvalue weighted by Crippen LogP contribution is -2.22. The van der Waals surface area contributed by atoms with Gasteiger partial charge < -0.3 is 15.7 Å². The van der Waals surface area contributed by atoms with Crippen LogP contribution < -0.4 is 10.6 Å². The number of aliphatic hydroxyl groups is 1. The van der Waals surface area contributed by atoms with Gasteiger partial charge in [-0.3, -0.25) is 0 Å². The predicted molar refractivity (Wildman–Crippen MR) is 57.2 cm³/mol. The molecule has 4 heteroatoms. The quantitative estimate of drug-likeness (QED) is 0.735. The largest absolute Gasteiger partial charge is 0.395 e. The first-order valence-electron chi connectivity index (χ1n) is 4.68. The third-order valence-electron chi connectivity index (χ3n) is 2.12. The molecule has 4 nitrogen and oxygen atoms in total. The zero-order chi connectivity index (χ0) is 10.6. The molecule has 0 aliphatic rings. The number of hydrogen-bond donors (Lipinski definition) is 2. The zero-order valence-electron chi connectivity index (χ0n) is 8.64. The Bertz CT molecular complexity index is 271. The average molecular weight is 195 g/mol. The van der Waals surface area contributed by atoms with Gasteiger partial charge >= 0.3 is 0 Å². The SMILES string of the molecule is C[C@H](N)c1ccc(N(C)CCO)nc1. The fourth-order valence-electron chi connectivity index (χ4n) is 1.16. The van der Waals surface area contributed by atoms with E-state index in [0.29, 0.717) is 6.54 Å². The Kier molecular flexibility index (Phi) is 3.85. The van der Waals surface area contributed by atoms with Gasteiger partial charge in [0.1, 0.15) is 5.82 Å². The van der Waals surface area contributed by atoms with E-state index in [1.807, 2.05) is 31.0 Å². The molecule has 0 radical (unpaired) electrons. The Morgan fingerprint density at radius 2 is 2.29 bits per heavy atom. The van der Waals surface area contributed by atoms with Crippen LogP contribution in [0.5, 0.6) is 0 Å². The molecular formula is C10H17N3O. The minimum Gasteiger partial charge on any atom is -0.395 e. The van der Waals surface area contributed by atoms with E-state index in [-0.39, 0.29) is 12.6 Å². The van der Waals surface area contributed by atoms with Crippen molar-refractivity contribution in [2.75, 3.05) is 25.1 Å². The summed E-state index contributed by atoms with van der Waals surface area (Å²) in [5, 5.41) is 8.75. The standard InChI is InChI=1S/C10H17N3O/c1-8(11)9-3-4-10(12-7-9)13(2)5-6-14/h3-4,7-8,14H,5-6,11H2,1-2H3/t8-/m0/s1. The number of aromatic nitrogens is 1. The average Bonchev–Trinajstić information content (AvgIpc) is 2.18. The summed E-state index contributed by atoms with van der Waals surface area (Å²) in [5.41, 5.74) is 6.72. The second-order valence-corrected chi connectivity index (χ2v) is 3.38. The lowest BCUT2D eigenvalue weighted by atomic mass is 10.1. The van der Waals surface area contributed by atoms with E-state index in [2.05, 4.69) is 4.98 Å². The van der Waals surface area contributed by atoms with E-state index in [0.717, 1.165) is 11.4 Å². The van der Waals surface area contributed by atoms with Gasteiger partial charge in [-0.25, -0.2) is 4.98 Å². The smallest absolute Gasteiger partial charge is 0.128 e. The van der Waals surface area contributed by atoms with Crippen LogP contribution in [0.15, 0.2) is 18.3 Å². The van der Waals surface area contributed by atoms with E-state index >= 15 is 0 Å². The van der Waals surface area contributed by atoms with Crippen molar-refractivity contribution in [2.45, 2.75) is 13.0 Å². The van der Waals surface area contributed by atoms with Crippen molar-refractivity contribution < 1.29 is 5.11 Å². The van der Waals surface area contributed by atoms with Crippen LogP contribution in [0.1, 0.15) is 18.5 Å². The number of nitrogens with zero attached hydrogens (tertiary/aromatic N) is 2. The van der Waals surface area contributed by atoms with E-state index in [4.69, 9.17) is 10.8 Å². The molecular weight excluding hydrogens is 178 g/mol. The maximum Gasteiger partial charge on any atom is 0.128 e. The second kappa shape index (κ2) is 4.93. The summed E-state index contributed by atoms with van der Waals surface area (Å²) < 4.78 is 0. The number of aliphatic hydroxyl groups excluding tert-OH is 1. The van der Waals surface area contributed by atoms with Crippen molar-refractivity contribution in [2.24, 2.45) is 5.73 Å². The van der Waals surface area contributed by atoms with Gasteiger partial charge in [0.05, 0.1) is 6.61 Å². The third kappa shape index (κ3) is 2.68. The summed E-state index contributed by atoms with van der Waals surface area (Å²) in [6.45, 7) is 2.64. The van der Waals surface area contributed by atoms with Gasteiger partial charge in [-0.2, -0.15) is 0 Å². The Morgan fingerprint density at radius 1 is 1.57 bits per heavy atom. The highest BCUT2D eigenvalue weighted by Crippen LogP contribution is 2.12. The Labute approximate surface area is 84.4 Å². The Morgan fingerprint density at radius 3 is 2.71 bits per heavy atom. The van der Waals surface area contributed by atoms with Gasteiger partial charge in [0.15, 0.2) is 0 Å². The van der Waals surface area contributed by atoms with Crippen LogP contribution in [0.25, 0.3) is 0 Å². The summed E-state index contributed by atoms with van der Waals surface area (Å²) >= 11 is 0. The minimum atomic E-state index is 0.0136. The molecule has 0 aliphatic heterocycles. The van der Waals surface area contributed by atoms with E-state index in [1.54, 1.807) is 6.20 Å². The maximum absolute atomic E-state index is 8.75. The van der Waals surface area contributed by atoms with Gasteiger partial charge in [-0.1, -0.05) is 6.07 Å². The van der Waals surface area contributed by atoms with Crippen LogP contribution in [0.3, 0.4) is 0 Å². The number of nitrogens with two attached hydrogens (primary N) is 1. The van der Waals surface area contributed by atoms with Crippen molar-refractivity contribution in [3.8, 4) is 0 Å². The number of hydrogen-bond acceptors (Lipinski definition) is 4. The van der Waals surface area contributed by atoms with Crippen LogP contribution in [0, 0.1) is 0 Å². The van der Waals surface area contributed by atoms with E-state index in [9.17, 15) is 0 Å². The van der Waals surface area contributed by atoms with E-state index < -0.39 is 0 Å². The molecule has 1 aromatic rings. The van der Waals surface area contributed by atoms with Gasteiger partial charge in [0, 0.05) is 25.8 Å². The van der Waals surface area contributed by atoms with Crippen LogP contribution in [-0.2, 0) is 0 Å². The van der Waals surface area contributed by atoms with Gasteiger partial charge in [0.2, 0.25) is 0 Å². The fraction of sp³-hybridized carbons (Fsp3) is 0.500. The van der Waals surface area contributed by atoms with Crippen LogP contribution >= 0.6 is 0 Å². The predicted octanol–water partition coefficient (Wildman–Crippen LogP) is 0.530. The Balaban J connectivity index is 2.72. The lowest BCUT2D eigenvalue weighted by molar-refractivity contribution is 0.304. The molecule has 1 atom stereocenters. The molecule has 1 aromatic heterocycles. The maximum atomic E-state index is 8.75. The molecule has 0 fully saturated rings. The molecule has 78 valence electrons. The molecule has 0 spiro atoms. The van der Waals surface area contributed by atoms with Gasteiger partial charge in [0.25, 0.3) is 0 Å². The number of likely N-dealkylation sites (N-methyl/N-ethyl adjacent to an activating group) is 1. The molecule has 3 N–H and O–H groups in total. The fourth-order valence-corrected chi connectivity index (χ4v) is 1.16. The topological polar surface area (TPSA) is 62.4 Å². The van der Waals surface area contributed by atoms with Crippen LogP contribution in [0.2, 0.25) is 0 Å². The molecule has 1 heterocycles.